The number of nitrogens with one attached hydrogen (secondary N) is 1. The number of aryl methyl sites for hydroxylation is 2. The molecule has 0 radical (unpaired) electrons. The molecule has 1 aromatic carbocycles. The van der Waals surface area contributed by atoms with E-state index in [1.54, 1.807) is 7.11 Å². The second-order valence-corrected chi connectivity index (χ2v) is 5.75. The lowest BCUT2D eigenvalue weighted by Crippen LogP contribution is -2.37. The summed E-state index contributed by atoms with van der Waals surface area (Å²) in [6.45, 7) is 11.1. The zero-order valence-corrected chi connectivity index (χ0v) is 12.8. The number of benzene rings is 1. The van der Waals surface area contributed by atoms with Gasteiger partial charge in [-0.3, -0.25) is 0 Å². The molecule has 1 aromatic rings. The Morgan fingerprint density at radius 3 is 2.42 bits per heavy atom. The van der Waals surface area contributed by atoms with Gasteiger partial charge in [-0.15, -0.1) is 0 Å². The van der Waals surface area contributed by atoms with E-state index in [1.807, 2.05) is 6.92 Å². The number of methoxy groups -OCH3 is 1. The monoisotopic (exact) mass is 260 g/mol. The molecular formula is C16H24N2O. The standard InChI is InChI=1S/C16H24N2O/c1-11-7-14(15(19-6)8-12(11)2)16(4,5)10-18-13(3)9-17/h7-8,13,18H,10H2,1-6H3. The molecule has 0 aliphatic carbocycles. The highest BCUT2D eigenvalue weighted by Gasteiger charge is 2.25. The minimum absolute atomic E-state index is 0.0884. The van der Waals surface area contributed by atoms with Crippen LogP contribution >= 0.6 is 0 Å². The first kappa shape index (κ1) is 15.5. The fourth-order valence-corrected chi connectivity index (χ4v) is 2.04. The average molecular weight is 260 g/mol. The van der Waals surface area contributed by atoms with Crippen LogP contribution in [0, 0.1) is 25.2 Å². The lowest BCUT2D eigenvalue weighted by atomic mass is 9.82. The summed E-state index contributed by atoms with van der Waals surface area (Å²) >= 11 is 0. The summed E-state index contributed by atoms with van der Waals surface area (Å²) in [6, 6.07) is 6.32. The van der Waals surface area contributed by atoms with Crippen molar-refractivity contribution < 1.29 is 4.74 Å². The van der Waals surface area contributed by atoms with Gasteiger partial charge in [0.2, 0.25) is 0 Å². The lowest BCUT2D eigenvalue weighted by molar-refractivity contribution is 0.383. The van der Waals surface area contributed by atoms with Crippen LogP contribution in [0.5, 0.6) is 5.75 Å². The average Bonchev–Trinajstić information content (AvgIpc) is 2.38. The van der Waals surface area contributed by atoms with Gasteiger partial charge in [0.1, 0.15) is 5.75 Å². The van der Waals surface area contributed by atoms with Crippen molar-refractivity contribution in [2.75, 3.05) is 13.7 Å². The van der Waals surface area contributed by atoms with Crippen LogP contribution in [0.25, 0.3) is 0 Å². The van der Waals surface area contributed by atoms with Gasteiger partial charge in [-0.1, -0.05) is 19.9 Å². The molecule has 1 atom stereocenters. The van der Waals surface area contributed by atoms with Crippen molar-refractivity contribution in [3.63, 3.8) is 0 Å². The first-order valence-corrected chi connectivity index (χ1v) is 6.60. The summed E-state index contributed by atoms with van der Waals surface area (Å²) in [6.07, 6.45) is 0. The van der Waals surface area contributed by atoms with Crippen LogP contribution in [0.15, 0.2) is 12.1 Å². The summed E-state index contributed by atoms with van der Waals surface area (Å²) in [5, 5.41) is 12.1. The van der Waals surface area contributed by atoms with Crippen LogP contribution < -0.4 is 10.1 Å². The molecule has 3 nitrogen and oxygen atoms in total. The van der Waals surface area contributed by atoms with Gasteiger partial charge in [0.15, 0.2) is 0 Å². The molecule has 0 aromatic heterocycles. The fourth-order valence-electron chi connectivity index (χ4n) is 2.04. The molecule has 0 amide bonds. The number of nitriles is 1. The third-order valence-corrected chi connectivity index (χ3v) is 3.59. The van der Waals surface area contributed by atoms with Crippen LogP contribution in [0.2, 0.25) is 0 Å². The van der Waals surface area contributed by atoms with Crippen molar-refractivity contribution in [1.29, 1.82) is 5.26 Å². The Hall–Kier alpha value is -1.53. The summed E-state index contributed by atoms with van der Waals surface area (Å²) in [5.74, 6) is 0.916. The zero-order valence-electron chi connectivity index (χ0n) is 12.8. The molecule has 0 saturated carbocycles. The molecule has 1 rings (SSSR count). The van der Waals surface area contributed by atoms with Gasteiger partial charge in [0, 0.05) is 17.5 Å². The Morgan fingerprint density at radius 2 is 1.89 bits per heavy atom. The minimum Gasteiger partial charge on any atom is -0.496 e. The molecule has 0 heterocycles. The largest absolute Gasteiger partial charge is 0.496 e. The second-order valence-electron chi connectivity index (χ2n) is 5.75. The van der Waals surface area contributed by atoms with Gasteiger partial charge >= 0.3 is 0 Å². The third-order valence-electron chi connectivity index (χ3n) is 3.59. The van der Waals surface area contributed by atoms with Crippen LogP contribution in [-0.2, 0) is 5.41 Å². The van der Waals surface area contributed by atoms with E-state index in [0.29, 0.717) is 0 Å². The van der Waals surface area contributed by atoms with Gasteiger partial charge in [-0.25, -0.2) is 0 Å². The van der Waals surface area contributed by atoms with Gasteiger partial charge in [0.25, 0.3) is 0 Å². The van der Waals surface area contributed by atoms with E-state index in [9.17, 15) is 0 Å². The Balaban J connectivity index is 3.06. The SMILES string of the molecule is COc1cc(C)c(C)cc1C(C)(C)CNC(C)C#N. The van der Waals surface area contributed by atoms with Crippen molar-refractivity contribution in [1.82, 2.24) is 5.32 Å². The predicted molar refractivity (Wildman–Crippen MR) is 78.6 cm³/mol. The van der Waals surface area contributed by atoms with Gasteiger partial charge in [-0.05, 0) is 38.0 Å². The third kappa shape index (κ3) is 3.71. The van der Waals surface area contributed by atoms with E-state index in [-0.39, 0.29) is 11.5 Å². The molecule has 3 heteroatoms. The molecule has 0 bridgehead atoms. The van der Waals surface area contributed by atoms with Gasteiger partial charge < -0.3 is 10.1 Å². The smallest absolute Gasteiger partial charge is 0.122 e. The molecule has 1 N–H and O–H groups in total. The maximum Gasteiger partial charge on any atom is 0.122 e. The van der Waals surface area contributed by atoms with Gasteiger partial charge in [0.05, 0.1) is 19.2 Å². The van der Waals surface area contributed by atoms with Crippen LogP contribution in [0.1, 0.15) is 37.5 Å². The quantitative estimate of drug-likeness (QED) is 0.885. The Kier molecular flexibility index (Phi) is 4.97. The second kappa shape index (κ2) is 6.08. The number of nitrogens with zero attached hydrogens (tertiary/aromatic N) is 1. The van der Waals surface area contributed by atoms with Crippen molar-refractivity contribution in [2.24, 2.45) is 0 Å². The van der Waals surface area contributed by atoms with Crippen molar-refractivity contribution in [3.05, 3.63) is 28.8 Å². The molecule has 1 unspecified atom stereocenters. The van der Waals surface area contributed by atoms with Crippen molar-refractivity contribution in [2.45, 2.75) is 46.1 Å². The number of ether oxygens (including phenoxy) is 1. The molecule has 0 spiro atoms. The van der Waals surface area contributed by atoms with E-state index in [0.717, 1.165) is 12.3 Å². The first-order valence-electron chi connectivity index (χ1n) is 6.60. The van der Waals surface area contributed by atoms with E-state index < -0.39 is 0 Å². The number of hydrogen-bond donors (Lipinski definition) is 1. The molecule has 0 aliphatic heterocycles. The molecule has 0 saturated heterocycles. The highest BCUT2D eigenvalue weighted by atomic mass is 16.5. The first-order chi connectivity index (χ1) is 8.81. The lowest BCUT2D eigenvalue weighted by Gasteiger charge is -2.29. The maximum atomic E-state index is 8.85. The van der Waals surface area contributed by atoms with Crippen LogP contribution in [0.4, 0.5) is 0 Å². The molecule has 19 heavy (non-hydrogen) atoms. The number of rotatable bonds is 5. The van der Waals surface area contributed by atoms with E-state index in [1.165, 1.54) is 16.7 Å². The van der Waals surface area contributed by atoms with Crippen LogP contribution in [0.3, 0.4) is 0 Å². The molecule has 0 aliphatic rings. The topological polar surface area (TPSA) is 45.0 Å². The highest BCUT2D eigenvalue weighted by Crippen LogP contribution is 2.33. The fraction of sp³-hybridized carbons (Fsp3) is 0.562. The van der Waals surface area contributed by atoms with Crippen LogP contribution in [-0.4, -0.2) is 19.7 Å². The Morgan fingerprint density at radius 1 is 1.32 bits per heavy atom. The Bertz CT molecular complexity index is 486. The predicted octanol–water partition coefficient (Wildman–Crippen LogP) is 3.09. The van der Waals surface area contributed by atoms with Crippen molar-refractivity contribution >= 4 is 0 Å². The highest BCUT2D eigenvalue weighted by molar-refractivity contribution is 5.45. The van der Waals surface area contributed by atoms with E-state index >= 15 is 0 Å². The minimum atomic E-state index is -0.142. The molecular weight excluding hydrogens is 236 g/mol. The molecule has 0 fully saturated rings. The number of hydrogen-bond acceptors (Lipinski definition) is 3. The summed E-state index contributed by atoms with van der Waals surface area (Å²) in [7, 11) is 1.70. The maximum absolute atomic E-state index is 8.85. The molecule has 104 valence electrons. The Labute approximate surface area is 116 Å². The van der Waals surface area contributed by atoms with E-state index in [2.05, 4.69) is 51.2 Å². The van der Waals surface area contributed by atoms with Gasteiger partial charge in [-0.2, -0.15) is 5.26 Å². The zero-order chi connectivity index (χ0) is 14.6. The summed E-state index contributed by atoms with van der Waals surface area (Å²) in [5.41, 5.74) is 3.58. The van der Waals surface area contributed by atoms with E-state index in [4.69, 9.17) is 10.00 Å². The van der Waals surface area contributed by atoms with Crippen molar-refractivity contribution in [3.8, 4) is 11.8 Å². The summed E-state index contributed by atoms with van der Waals surface area (Å²) < 4.78 is 5.51. The summed E-state index contributed by atoms with van der Waals surface area (Å²) in [4.78, 5) is 0. The normalized spacial score (nSPS) is 12.9.